The van der Waals surface area contributed by atoms with Gasteiger partial charge in [0, 0.05) is 54.8 Å². The molecule has 41 heavy (non-hydrogen) atoms. The topological polar surface area (TPSA) is 187 Å². The van der Waals surface area contributed by atoms with Crippen molar-refractivity contribution in [1.29, 1.82) is 0 Å². The minimum atomic E-state index is -2.70. The second kappa shape index (κ2) is 9.60. The van der Waals surface area contributed by atoms with E-state index in [1.807, 2.05) is 0 Å². The summed E-state index contributed by atoms with van der Waals surface area (Å²) in [5.41, 5.74) is 3.58. The van der Waals surface area contributed by atoms with E-state index in [-0.39, 0.29) is 36.3 Å². The molecule has 3 aliphatic carbocycles. The molecule has 6 N–H and O–H groups in total. The molecule has 0 unspecified atom stereocenters. The molecule has 5 rings (SSSR count). The number of anilines is 1. The Hall–Kier alpha value is -4.42. The molecule has 12 nitrogen and oxygen atoms in total. The number of aromatic nitrogens is 1. The van der Waals surface area contributed by atoms with Gasteiger partial charge in [-0.15, -0.1) is 0 Å². The Morgan fingerprint density at radius 3 is 2.44 bits per heavy atom. The molecule has 1 aromatic heterocycles. The Kier molecular flexibility index (Phi) is 6.58. The molecule has 0 spiro atoms. The number of fused-ring (bicyclic) bond motifs is 3. The molecule has 1 aromatic carbocycles. The van der Waals surface area contributed by atoms with Crippen molar-refractivity contribution in [2.75, 3.05) is 33.1 Å². The van der Waals surface area contributed by atoms with Gasteiger partial charge >= 0.3 is 0 Å². The van der Waals surface area contributed by atoms with Crippen LogP contribution >= 0.6 is 0 Å². The molecule has 216 valence electrons. The molecule has 1 amide bonds. The number of carbonyl (C=O) groups is 4. The number of aldehydes is 1. The van der Waals surface area contributed by atoms with Crippen molar-refractivity contribution in [3.05, 3.63) is 69.4 Å². The van der Waals surface area contributed by atoms with Gasteiger partial charge in [-0.3, -0.25) is 24.1 Å². The van der Waals surface area contributed by atoms with E-state index in [0.717, 1.165) is 0 Å². The number of phenols is 1. The number of aliphatic hydroxyl groups is 3. The number of hydrogen-bond acceptors (Lipinski definition) is 10. The van der Waals surface area contributed by atoms with Gasteiger partial charge in [0.1, 0.15) is 22.8 Å². The maximum absolute atomic E-state index is 14.1. The lowest BCUT2D eigenvalue weighted by Crippen LogP contribution is -2.63. The number of allylic oxidation sites excluding steroid dienone is 1. The first-order valence-electron chi connectivity index (χ1n) is 13.0. The van der Waals surface area contributed by atoms with Crippen molar-refractivity contribution in [3.8, 4) is 5.75 Å². The number of ketones is 2. The van der Waals surface area contributed by atoms with Crippen LogP contribution in [0, 0.1) is 11.8 Å². The summed E-state index contributed by atoms with van der Waals surface area (Å²) in [5.74, 6) is -6.89. The van der Waals surface area contributed by atoms with Gasteiger partial charge in [-0.05, 0) is 50.6 Å². The predicted molar refractivity (Wildman–Crippen MR) is 147 cm³/mol. The van der Waals surface area contributed by atoms with E-state index in [1.165, 1.54) is 4.90 Å². The SMILES string of the molecule is CN(C)c1cc(Cn2ccc(C=O)c2)c(O)c2c1C[C@@H]1C[C@@H]3[C@@H](N(C)C)C(O)=C(C(N)=O)C(=O)[C@]3(O)C(O)=C1C2=O. The Bertz CT molecular complexity index is 1580. The zero-order valence-corrected chi connectivity index (χ0v) is 23.1. The maximum Gasteiger partial charge on any atom is 0.255 e. The largest absolute Gasteiger partial charge is 0.510 e. The number of rotatable bonds is 6. The molecule has 3 aliphatic rings. The molecule has 0 fully saturated rings. The van der Waals surface area contributed by atoms with Crippen molar-refractivity contribution in [1.82, 2.24) is 9.47 Å². The Morgan fingerprint density at radius 1 is 1.20 bits per heavy atom. The molecule has 12 heteroatoms. The third-order valence-corrected chi connectivity index (χ3v) is 8.52. The first-order valence-corrected chi connectivity index (χ1v) is 13.0. The fraction of sp³-hybridized carbons (Fsp3) is 0.379. The number of carbonyl (C=O) groups excluding carboxylic acids is 4. The van der Waals surface area contributed by atoms with E-state index in [4.69, 9.17) is 5.73 Å². The summed E-state index contributed by atoms with van der Waals surface area (Å²) in [5, 5.41) is 45.5. The third-order valence-electron chi connectivity index (χ3n) is 8.52. The van der Waals surface area contributed by atoms with Gasteiger partial charge in [0.05, 0.1) is 18.2 Å². The highest BCUT2D eigenvalue weighted by atomic mass is 16.3. The van der Waals surface area contributed by atoms with Gasteiger partial charge in [0.25, 0.3) is 5.91 Å². The van der Waals surface area contributed by atoms with E-state index < -0.39 is 58.0 Å². The van der Waals surface area contributed by atoms with Crippen molar-refractivity contribution in [3.63, 3.8) is 0 Å². The van der Waals surface area contributed by atoms with Crippen LogP contribution in [-0.4, -0.2) is 93.5 Å². The minimum Gasteiger partial charge on any atom is -0.510 e. The van der Waals surface area contributed by atoms with E-state index in [2.05, 4.69) is 0 Å². The number of aromatic hydroxyl groups is 1. The first-order chi connectivity index (χ1) is 19.2. The fourth-order valence-corrected chi connectivity index (χ4v) is 6.70. The highest BCUT2D eigenvalue weighted by Crippen LogP contribution is 2.53. The van der Waals surface area contributed by atoms with Crippen LogP contribution in [-0.2, 0) is 22.6 Å². The second-order valence-electron chi connectivity index (χ2n) is 11.3. The zero-order valence-electron chi connectivity index (χ0n) is 23.1. The number of primary amides is 1. The second-order valence-corrected chi connectivity index (χ2v) is 11.3. The average Bonchev–Trinajstić information content (AvgIpc) is 3.34. The van der Waals surface area contributed by atoms with Crippen LogP contribution in [0.4, 0.5) is 5.69 Å². The number of nitrogens with two attached hydrogens (primary N) is 1. The van der Waals surface area contributed by atoms with E-state index in [9.17, 15) is 39.6 Å². The molecule has 4 atom stereocenters. The molecule has 2 aromatic rings. The molecule has 0 bridgehead atoms. The summed E-state index contributed by atoms with van der Waals surface area (Å²) < 4.78 is 1.68. The van der Waals surface area contributed by atoms with Gasteiger partial charge in [0.2, 0.25) is 5.78 Å². The van der Waals surface area contributed by atoms with Crippen molar-refractivity contribution < 1.29 is 39.6 Å². The lowest BCUT2D eigenvalue weighted by atomic mass is 9.58. The van der Waals surface area contributed by atoms with Crippen LogP contribution in [0.25, 0.3) is 0 Å². The molecule has 0 saturated carbocycles. The first kappa shape index (κ1) is 28.1. The van der Waals surface area contributed by atoms with Crippen molar-refractivity contribution in [2.45, 2.75) is 31.0 Å². The fourth-order valence-electron chi connectivity index (χ4n) is 6.70. The Labute approximate surface area is 235 Å². The Morgan fingerprint density at radius 2 is 1.88 bits per heavy atom. The molecule has 0 saturated heterocycles. The molecular formula is C29H32N4O8. The summed E-state index contributed by atoms with van der Waals surface area (Å²) in [6, 6.07) is 2.32. The van der Waals surface area contributed by atoms with Crippen LogP contribution in [0.3, 0.4) is 0 Å². The van der Waals surface area contributed by atoms with Crippen LogP contribution in [0.2, 0.25) is 0 Å². The highest BCUT2D eigenvalue weighted by molar-refractivity contribution is 6.25. The van der Waals surface area contributed by atoms with Gasteiger partial charge < -0.3 is 35.6 Å². The molecular weight excluding hydrogens is 532 g/mol. The molecule has 0 radical (unpaired) electrons. The normalized spacial score (nSPS) is 25.7. The number of hydrogen-bond donors (Lipinski definition) is 5. The van der Waals surface area contributed by atoms with Crippen molar-refractivity contribution >= 4 is 29.4 Å². The van der Waals surface area contributed by atoms with Gasteiger partial charge in [0.15, 0.2) is 17.7 Å². The maximum atomic E-state index is 14.1. The number of nitrogens with zero attached hydrogens (tertiary/aromatic N) is 3. The summed E-state index contributed by atoms with van der Waals surface area (Å²) in [7, 11) is 6.75. The molecule has 1 heterocycles. The summed E-state index contributed by atoms with van der Waals surface area (Å²) >= 11 is 0. The quantitative estimate of drug-likeness (QED) is 0.249. The van der Waals surface area contributed by atoms with Gasteiger partial charge in [-0.2, -0.15) is 0 Å². The summed E-state index contributed by atoms with van der Waals surface area (Å²) in [4.78, 5) is 54.2. The van der Waals surface area contributed by atoms with Gasteiger partial charge in [-0.25, -0.2) is 0 Å². The van der Waals surface area contributed by atoms with E-state index in [0.29, 0.717) is 28.7 Å². The number of phenolic OH excluding ortho intramolecular Hbond substituents is 1. The lowest BCUT2D eigenvalue weighted by Gasteiger charge is -2.50. The van der Waals surface area contributed by atoms with Gasteiger partial charge in [-0.1, -0.05) is 0 Å². The minimum absolute atomic E-state index is 0.0129. The number of benzene rings is 1. The van der Waals surface area contributed by atoms with Crippen molar-refractivity contribution in [2.24, 2.45) is 17.6 Å². The van der Waals surface area contributed by atoms with E-state index in [1.54, 1.807) is 62.2 Å². The zero-order chi connectivity index (χ0) is 30.1. The standard InChI is InChI=1S/C29H32N4O8/c1-31(2)18-9-15(11-33-6-5-13(10-33)12-34)23(35)20-16(18)7-14-8-17-22(32(3)4)25(37)21(28(30)40)27(39)29(17,41)26(38)19(14)24(20)36/h5-6,9-10,12,14,17,22,35,37-38,41H,7-8,11H2,1-4H3,(H2,30,40)/t14-,17-,22-,29-/m1/s1. The number of amides is 1. The summed E-state index contributed by atoms with van der Waals surface area (Å²) in [6.45, 7) is 0.136. The predicted octanol–water partition coefficient (Wildman–Crippen LogP) is 0.849. The smallest absolute Gasteiger partial charge is 0.255 e. The van der Waals surface area contributed by atoms with Crippen LogP contribution < -0.4 is 10.6 Å². The lowest BCUT2D eigenvalue weighted by molar-refractivity contribution is -0.148. The average molecular weight is 565 g/mol. The monoisotopic (exact) mass is 564 g/mol. The number of aliphatic hydroxyl groups excluding tert-OH is 2. The van der Waals surface area contributed by atoms with E-state index >= 15 is 0 Å². The number of likely N-dealkylation sites (N-methyl/N-ethyl adjacent to an activating group) is 1. The van der Waals surface area contributed by atoms with Crippen LogP contribution in [0.5, 0.6) is 5.75 Å². The van der Waals surface area contributed by atoms with Crippen LogP contribution in [0.15, 0.2) is 47.2 Å². The Balaban J connectivity index is 1.70. The third kappa shape index (κ3) is 3.97. The number of Topliss-reactive ketones (excluding diaryl/α,β-unsaturated/α-hetero) is 2. The molecule has 0 aliphatic heterocycles. The highest BCUT2D eigenvalue weighted by Gasteiger charge is 2.63. The van der Waals surface area contributed by atoms with Crippen LogP contribution in [0.1, 0.15) is 38.3 Å². The summed E-state index contributed by atoms with van der Waals surface area (Å²) in [6.07, 6.45) is 4.16.